The third-order valence-electron chi connectivity index (χ3n) is 2.65. The zero-order valence-corrected chi connectivity index (χ0v) is 11.9. The molecule has 0 bridgehead atoms. The Morgan fingerprint density at radius 3 is 2.58 bits per heavy atom. The molecule has 0 saturated carbocycles. The van der Waals surface area contributed by atoms with E-state index in [2.05, 4.69) is 10.7 Å². The molecule has 0 aliphatic heterocycles. The number of rotatable bonds is 11. The highest BCUT2D eigenvalue weighted by atomic mass is 16.5. The fourth-order valence-electron chi connectivity index (χ4n) is 1.59. The van der Waals surface area contributed by atoms with Crippen molar-refractivity contribution in [2.45, 2.75) is 25.7 Å². The van der Waals surface area contributed by atoms with Crippen LogP contribution >= 0.6 is 0 Å². The molecule has 0 fully saturated rings. The monoisotopic (exact) mass is 274 g/mol. The molecule has 0 aliphatic rings. The van der Waals surface area contributed by atoms with Crippen molar-refractivity contribution in [2.24, 2.45) is 5.84 Å². The number of amides is 2. The molecule has 7 nitrogen and oxygen atoms in total. The van der Waals surface area contributed by atoms with Crippen molar-refractivity contribution in [1.82, 2.24) is 15.6 Å². The van der Waals surface area contributed by atoms with E-state index in [0.717, 1.165) is 25.8 Å². The minimum absolute atomic E-state index is 0.00191. The van der Waals surface area contributed by atoms with E-state index in [-0.39, 0.29) is 11.8 Å². The number of ether oxygens (including phenoxy) is 1. The Hall–Kier alpha value is -1.18. The first kappa shape index (κ1) is 17.8. The van der Waals surface area contributed by atoms with Gasteiger partial charge in [0.25, 0.3) is 0 Å². The summed E-state index contributed by atoms with van der Waals surface area (Å²) in [6, 6.07) is 0. The Morgan fingerprint density at radius 2 is 1.95 bits per heavy atom. The third-order valence-corrected chi connectivity index (χ3v) is 2.65. The average Bonchev–Trinajstić information content (AvgIpc) is 2.38. The highest BCUT2D eigenvalue weighted by molar-refractivity contribution is 5.77. The van der Waals surface area contributed by atoms with E-state index in [1.807, 2.05) is 11.9 Å². The van der Waals surface area contributed by atoms with E-state index < -0.39 is 0 Å². The number of nitrogens with two attached hydrogens (primary N) is 1. The summed E-state index contributed by atoms with van der Waals surface area (Å²) in [4.78, 5) is 24.3. The molecule has 2 amide bonds. The van der Waals surface area contributed by atoms with Gasteiger partial charge in [0, 0.05) is 20.1 Å². The quantitative estimate of drug-likeness (QED) is 0.199. The van der Waals surface area contributed by atoms with Gasteiger partial charge in [0.15, 0.2) is 0 Å². The van der Waals surface area contributed by atoms with Crippen molar-refractivity contribution in [2.75, 3.05) is 40.4 Å². The number of likely N-dealkylation sites (N-methyl/N-ethyl adjacent to an activating group) is 1. The Labute approximate surface area is 114 Å². The summed E-state index contributed by atoms with van der Waals surface area (Å²) in [5, 5.41) is 2.77. The smallest absolute Gasteiger partial charge is 0.234 e. The van der Waals surface area contributed by atoms with Crippen LogP contribution in [0.25, 0.3) is 0 Å². The number of carbonyl (C=O) groups is 2. The van der Waals surface area contributed by atoms with Crippen LogP contribution in [0.2, 0.25) is 0 Å². The molecule has 0 unspecified atom stereocenters. The number of hydrogen-bond acceptors (Lipinski definition) is 5. The second-order valence-corrected chi connectivity index (χ2v) is 4.46. The number of carbonyl (C=O) groups excluding carboxylic acids is 2. The van der Waals surface area contributed by atoms with Crippen LogP contribution in [0.1, 0.15) is 25.7 Å². The summed E-state index contributed by atoms with van der Waals surface area (Å²) in [5.74, 6) is 4.85. The van der Waals surface area contributed by atoms with Gasteiger partial charge in [-0.1, -0.05) is 6.42 Å². The number of unbranched alkanes of at least 4 members (excludes halogenated alkanes) is 2. The van der Waals surface area contributed by atoms with Gasteiger partial charge in [0.05, 0.1) is 13.2 Å². The summed E-state index contributed by atoms with van der Waals surface area (Å²) in [7, 11) is 3.51. The molecule has 0 atom stereocenters. The standard InChI is InChI=1S/C12H26N4O3/c1-16(10-12(18)14-7-9-19-2)8-5-3-4-6-11(17)15-13/h3-10,13H2,1-2H3,(H,14,18)(H,15,17). The summed E-state index contributed by atoms with van der Waals surface area (Å²) in [6.45, 7) is 2.28. The molecule has 7 heteroatoms. The molecule has 0 heterocycles. The maximum absolute atomic E-state index is 11.5. The van der Waals surface area contributed by atoms with Gasteiger partial charge >= 0.3 is 0 Å². The number of nitrogens with one attached hydrogen (secondary N) is 2. The van der Waals surface area contributed by atoms with Crippen molar-refractivity contribution < 1.29 is 14.3 Å². The van der Waals surface area contributed by atoms with Crippen LogP contribution in [0.4, 0.5) is 0 Å². The second-order valence-electron chi connectivity index (χ2n) is 4.46. The normalized spacial score (nSPS) is 10.5. The first-order valence-corrected chi connectivity index (χ1v) is 6.53. The van der Waals surface area contributed by atoms with Crippen molar-refractivity contribution in [3.63, 3.8) is 0 Å². The molecule has 19 heavy (non-hydrogen) atoms. The maximum atomic E-state index is 11.5. The lowest BCUT2D eigenvalue weighted by Gasteiger charge is -2.15. The van der Waals surface area contributed by atoms with Crippen LogP contribution in [0.5, 0.6) is 0 Å². The minimum Gasteiger partial charge on any atom is -0.383 e. The van der Waals surface area contributed by atoms with Crippen LogP contribution < -0.4 is 16.6 Å². The van der Waals surface area contributed by atoms with Gasteiger partial charge < -0.3 is 10.1 Å². The van der Waals surface area contributed by atoms with Crippen LogP contribution in [0.3, 0.4) is 0 Å². The molecule has 4 N–H and O–H groups in total. The van der Waals surface area contributed by atoms with E-state index in [4.69, 9.17) is 10.6 Å². The van der Waals surface area contributed by atoms with Gasteiger partial charge in [-0.2, -0.15) is 0 Å². The maximum Gasteiger partial charge on any atom is 0.234 e. The lowest BCUT2D eigenvalue weighted by atomic mass is 10.2. The largest absolute Gasteiger partial charge is 0.383 e. The molecule has 112 valence electrons. The molecule has 0 spiro atoms. The molecule has 0 aromatic rings. The van der Waals surface area contributed by atoms with E-state index in [1.54, 1.807) is 7.11 Å². The van der Waals surface area contributed by atoms with Gasteiger partial charge in [-0.25, -0.2) is 5.84 Å². The van der Waals surface area contributed by atoms with Crippen LogP contribution in [0.15, 0.2) is 0 Å². The van der Waals surface area contributed by atoms with E-state index in [9.17, 15) is 9.59 Å². The zero-order valence-electron chi connectivity index (χ0n) is 11.9. The Kier molecular flexibility index (Phi) is 11.1. The number of methoxy groups -OCH3 is 1. The van der Waals surface area contributed by atoms with E-state index in [0.29, 0.717) is 26.1 Å². The lowest BCUT2D eigenvalue weighted by molar-refractivity contribution is -0.122. The van der Waals surface area contributed by atoms with Gasteiger partial charge in [0.2, 0.25) is 11.8 Å². The van der Waals surface area contributed by atoms with Gasteiger partial charge in [0.1, 0.15) is 0 Å². The minimum atomic E-state index is -0.133. The molecule has 0 saturated heterocycles. The Balaban J connectivity index is 3.45. The van der Waals surface area contributed by atoms with Gasteiger partial charge in [-0.3, -0.25) is 19.9 Å². The van der Waals surface area contributed by atoms with E-state index in [1.165, 1.54) is 0 Å². The van der Waals surface area contributed by atoms with Gasteiger partial charge in [-0.15, -0.1) is 0 Å². The first-order valence-electron chi connectivity index (χ1n) is 6.53. The molecule has 0 aliphatic carbocycles. The predicted octanol–water partition coefficient (Wildman–Crippen LogP) is -0.769. The molecular weight excluding hydrogens is 248 g/mol. The van der Waals surface area contributed by atoms with E-state index >= 15 is 0 Å². The Bertz CT molecular complexity index is 261. The highest BCUT2D eigenvalue weighted by Crippen LogP contribution is 2.00. The van der Waals surface area contributed by atoms with Gasteiger partial charge in [-0.05, 0) is 26.4 Å². The Morgan fingerprint density at radius 1 is 1.21 bits per heavy atom. The van der Waals surface area contributed by atoms with Crippen molar-refractivity contribution in [1.29, 1.82) is 0 Å². The molecular formula is C12H26N4O3. The summed E-state index contributed by atoms with van der Waals surface area (Å²) >= 11 is 0. The van der Waals surface area contributed by atoms with Crippen LogP contribution in [-0.4, -0.2) is 57.1 Å². The van der Waals surface area contributed by atoms with Crippen LogP contribution in [-0.2, 0) is 14.3 Å². The summed E-state index contributed by atoms with van der Waals surface area (Å²) in [5.41, 5.74) is 2.10. The third kappa shape index (κ3) is 11.6. The van der Waals surface area contributed by atoms with Crippen molar-refractivity contribution in [3.05, 3.63) is 0 Å². The predicted molar refractivity (Wildman–Crippen MR) is 73.2 cm³/mol. The second kappa shape index (κ2) is 11.9. The summed E-state index contributed by atoms with van der Waals surface area (Å²) in [6.07, 6.45) is 3.18. The van der Waals surface area contributed by atoms with Crippen molar-refractivity contribution in [3.8, 4) is 0 Å². The molecule has 0 radical (unpaired) electrons. The number of hydrogen-bond donors (Lipinski definition) is 3. The fourth-order valence-corrected chi connectivity index (χ4v) is 1.59. The van der Waals surface area contributed by atoms with Crippen LogP contribution in [0, 0.1) is 0 Å². The average molecular weight is 274 g/mol. The molecule has 0 aromatic heterocycles. The SMILES string of the molecule is COCCNC(=O)CN(C)CCCCCC(=O)NN. The zero-order chi connectivity index (χ0) is 14.5. The number of hydrazine groups is 1. The number of nitrogens with zero attached hydrogens (tertiary/aromatic N) is 1. The molecule has 0 rings (SSSR count). The van der Waals surface area contributed by atoms with Crippen molar-refractivity contribution >= 4 is 11.8 Å². The lowest BCUT2D eigenvalue weighted by Crippen LogP contribution is -2.37. The first-order chi connectivity index (χ1) is 9.10. The molecule has 0 aromatic carbocycles. The fraction of sp³-hybridized carbons (Fsp3) is 0.833. The highest BCUT2D eigenvalue weighted by Gasteiger charge is 2.05. The topological polar surface area (TPSA) is 96.7 Å². The summed E-state index contributed by atoms with van der Waals surface area (Å²) < 4.78 is 4.85.